The first kappa shape index (κ1) is 61.9. The van der Waals surface area contributed by atoms with Gasteiger partial charge in [0.2, 0.25) is 23.8 Å². The van der Waals surface area contributed by atoms with Gasteiger partial charge < -0.3 is 44.2 Å². The fraction of sp³-hybridized carbons (Fsp3) is 0.310. The maximum atomic E-state index is 14.1. The number of anilines is 2. The van der Waals surface area contributed by atoms with E-state index >= 15 is 0 Å². The van der Waals surface area contributed by atoms with E-state index in [2.05, 4.69) is 5.32 Å². The van der Waals surface area contributed by atoms with E-state index in [1.807, 2.05) is 47.6 Å². The van der Waals surface area contributed by atoms with E-state index in [0.29, 0.717) is 67.8 Å². The van der Waals surface area contributed by atoms with E-state index < -0.39 is 102 Å². The van der Waals surface area contributed by atoms with Gasteiger partial charge in [0.1, 0.15) is 42.8 Å². The zero-order chi connectivity index (χ0) is 61.2. The van der Waals surface area contributed by atoms with Gasteiger partial charge in [-0.05, 0) is 105 Å². The number of hydrogen-bond donors (Lipinski definition) is 3. The summed E-state index contributed by atoms with van der Waals surface area (Å²) in [5, 5.41) is 12.7. The number of carbonyl (C=O) groups is 2. The Morgan fingerprint density at radius 3 is 1.64 bits per heavy atom. The summed E-state index contributed by atoms with van der Waals surface area (Å²) in [6.45, 7) is 14.1. The number of allylic oxidation sites excluding steroid dienone is 12. The quantitative estimate of drug-likeness (QED) is 0.0576. The number of fused-ring (bicyclic) bond motifs is 4. The molecule has 83 heavy (non-hydrogen) atoms. The number of rotatable bonds is 19. The highest BCUT2D eigenvalue weighted by atomic mass is 32.2. The Balaban J connectivity index is 1.05. The van der Waals surface area contributed by atoms with Gasteiger partial charge in [0.05, 0.1) is 20.6 Å². The summed E-state index contributed by atoms with van der Waals surface area (Å²) >= 11 is 0. The number of carboxylic acids is 1. The van der Waals surface area contributed by atoms with Crippen LogP contribution in [0.2, 0.25) is 0 Å². The minimum absolute atomic E-state index is 0.00638. The van der Waals surface area contributed by atoms with Crippen LogP contribution in [0, 0.1) is 0 Å². The van der Waals surface area contributed by atoms with Crippen LogP contribution in [0.3, 0.4) is 0 Å². The standard InChI is InChI=1S/C58H64N6O15S4/c1-55(2)41-27-37(31-59)19-23-47(41)63(35-80(68,69)70)51(55)17-14-18-52-56(3,4)42-28-38(20-24-48(42)64(52)36-81(71,72)73)32-60-53(65)33-61-45-25-21-39(82(74,75)76)29-43(45)57(5,6)49(61)15-12-10-9-11-13-16-50-58(7,8)44-30-40(83(77,78)79)22-26-46(44)62(50)34-54(66)67/h9-30H,31-36,59H2,1-8H3,(H4-2,60,65,66,67,68,69,70,71,72,73,74,75,76,77,78,79)/p-2. The largest absolute Gasteiger partial charge is 0.747 e. The molecular formula is C58H62N6O15S4-2. The molecule has 4 heterocycles. The summed E-state index contributed by atoms with van der Waals surface area (Å²) in [6, 6.07) is 18.2. The van der Waals surface area contributed by atoms with Crippen LogP contribution in [0.15, 0.2) is 155 Å². The lowest BCUT2D eigenvalue weighted by molar-refractivity contribution is -0.425. The number of amides is 1. The van der Waals surface area contributed by atoms with Gasteiger partial charge in [-0.3, -0.25) is 9.59 Å². The lowest BCUT2D eigenvalue weighted by Gasteiger charge is -2.27. The molecule has 0 atom stereocenters. The predicted molar refractivity (Wildman–Crippen MR) is 308 cm³/mol. The van der Waals surface area contributed by atoms with Crippen LogP contribution in [0.1, 0.15) is 88.8 Å². The molecule has 4 aliphatic heterocycles. The van der Waals surface area contributed by atoms with Crippen molar-refractivity contribution >= 4 is 86.5 Å². The van der Waals surface area contributed by atoms with Crippen molar-refractivity contribution in [3.63, 3.8) is 0 Å². The molecule has 0 spiro atoms. The first-order valence-corrected chi connectivity index (χ1v) is 31.8. The van der Waals surface area contributed by atoms with Crippen LogP contribution in [-0.2, 0) is 84.8 Å². The highest BCUT2D eigenvalue weighted by Gasteiger charge is 2.48. The lowest BCUT2D eigenvalue weighted by atomic mass is 9.80. The number of aliphatic carboxylic acids is 1. The first-order valence-electron chi connectivity index (χ1n) is 25.9. The molecule has 4 aromatic rings. The van der Waals surface area contributed by atoms with Crippen molar-refractivity contribution in [2.24, 2.45) is 5.73 Å². The van der Waals surface area contributed by atoms with Crippen molar-refractivity contribution in [1.29, 1.82) is 0 Å². The summed E-state index contributed by atoms with van der Waals surface area (Å²) < 4.78 is 149. The molecule has 0 saturated heterocycles. The molecule has 0 fully saturated rings. The van der Waals surface area contributed by atoms with Gasteiger partial charge >= 0.3 is 5.97 Å². The van der Waals surface area contributed by atoms with Gasteiger partial charge in [0.25, 0.3) is 5.91 Å². The second-order valence-electron chi connectivity index (χ2n) is 22.6. The Hall–Kier alpha value is -7.20. The summed E-state index contributed by atoms with van der Waals surface area (Å²) in [4.78, 5) is 28.0. The van der Waals surface area contributed by atoms with E-state index in [-0.39, 0.29) is 19.6 Å². The Labute approximate surface area is 483 Å². The summed E-state index contributed by atoms with van der Waals surface area (Å²) in [7, 11) is -19.3. The van der Waals surface area contributed by atoms with Crippen LogP contribution < -0.4 is 20.9 Å². The van der Waals surface area contributed by atoms with E-state index in [1.165, 1.54) is 44.7 Å². The van der Waals surface area contributed by atoms with E-state index in [1.54, 1.807) is 110 Å². The molecule has 0 unspecified atom stereocenters. The molecule has 0 saturated carbocycles. The molecule has 1 amide bonds. The van der Waals surface area contributed by atoms with Crippen molar-refractivity contribution in [3.05, 3.63) is 178 Å². The Kier molecular flexibility index (Phi) is 16.5. The third-order valence-corrected chi connectivity index (χ3v) is 18.4. The molecule has 4 aromatic carbocycles. The maximum Gasteiger partial charge on any atom is 0.323 e. The van der Waals surface area contributed by atoms with Crippen LogP contribution >= 0.6 is 0 Å². The smallest absolute Gasteiger partial charge is 0.323 e. The molecule has 8 rings (SSSR count). The monoisotopic (exact) mass is 1210 g/mol. The predicted octanol–water partition coefficient (Wildman–Crippen LogP) is 5.70. The third-order valence-electron chi connectivity index (χ3n) is 15.6. The fourth-order valence-electron chi connectivity index (χ4n) is 11.5. The Morgan fingerprint density at radius 1 is 0.566 bits per heavy atom. The average molecular weight is 1210 g/mol. The molecule has 0 aromatic heterocycles. The van der Waals surface area contributed by atoms with Crippen molar-refractivity contribution in [2.45, 2.75) is 99.9 Å². The number of nitrogens with zero attached hydrogens (tertiary/aromatic N) is 4. The zero-order valence-electron chi connectivity index (χ0n) is 46.6. The van der Waals surface area contributed by atoms with Crippen molar-refractivity contribution in [3.8, 4) is 0 Å². The molecule has 0 radical (unpaired) electrons. The fourth-order valence-corrected chi connectivity index (χ4v) is 13.7. The van der Waals surface area contributed by atoms with E-state index in [0.717, 1.165) is 17.2 Å². The minimum atomic E-state index is -4.86. The van der Waals surface area contributed by atoms with Crippen molar-refractivity contribution < 1.29 is 75.7 Å². The second-order valence-corrected chi connectivity index (χ2v) is 28.1. The number of nitrogens with two attached hydrogens (primary N) is 1. The number of carboxylic acid groups (broad SMARTS) is 1. The lowest BCUT2D eigenvalue weighted by Crippen LogP contribution is -2.34. The van der Waals surface area contributed by atoms with Crippen LogP contribution in [0.5, 0.6) is 0 Å². The molecule has 4 N–H and O–H groups in total. The Bertz CT molecular complexity index is 4150. The minimum Gasteiger partial charge on any atom is -0.747 e. The molecular weight excluding hydrogens is 1150 g/mol. The normalized spacial score (nSPS) is 19.1. The second kappa shape index (κ2) is 22.1. The van der Waals surface area contributed by atoms with Gasteiger partial charge in [0.15, 0.2) is 21.5 Å². The van der Waals surface area contributed by atoms with Gasteiger partial charge in [-0.2, -0.15) is 9.15 Å². The van der Waals surface area contributed by atoms with Gasteiger partial charge in [-0.15, -0.1) is 0 Å². The molecule has 440 valence electrons. The molecule has 25 heteroatoms. The van der Waals surface area contributed by atoms with Crippen molar-refractivity contribution in [2.75, 3.05) is 34.6 Å². The number of benzene rings is 4. The van der Waals surface area contributed by atoms with E-state index in [9.17, 15) is 66.6 Å². The molecule has 21 nitrogen and oxygen atoms in total. The van der Waals surface area contributed by atoms with Gasteiger partial charge in [0, 0.05) is 82.1 Å². The summed E-state index contributed by atoms with van der Waals surface area (Å²) in [5.74, 6) is -3.36. The van der Waals surface area contributed by atoms with Crippen LogP contribution in [-0.4, -0.2) is 114 Å². The number of nitrogens with one attached hydrogen (secondary N) is 1. The Morgan fingerprint density at radius 2 is 1.04 bits per heavy atom. The highest BCUT2D eigenvalue weighted by molar-refractivity contribution is 7.86. The van der Waals surface area contributed by atoms with E-state index in [4.69, 9.17) is 5.73 Å². The zero-order valence-corrected chi connectivity index (χ0v) is 49.9. The highest BCUT2D eigenvalue weighted by Crippen LogP contribution is 2.50. The number of carbonyl (C=O) groups excluding carboxylic acids is 1. The molecule has 4 aliphatic rings. The van der Waals surface area contributed by atoms with Crippen LogP contribution in [0.4, 0.5) is 22.7 Å². The van der Waals surface area contributed by atoms with Crippen molar-refractivity contribution in [1.82, 2.24) is 5.32 Å². The molecule has 0 aliphatic carbocycles. The SMILES string of the molecule is CC1(C)C(=CC=CC2=[N+](CS(=O)(=O)[O-])c3ccc(CN)cc3C2(C)C)N(CS(=O)(=O)[O-])c2ccc(CNC(=O)C[N+]3=C(/C=C/C=C/C=C/C=C4/N(CC(=O)O)c5ccc(S(=O)(=O)[O-])cc5C4(C)C)C(C)(C)c4cc(S(=O)(=O)[O-])ccc43)cc21. The molecule has 0 bridgehead atoms. The number of hydrogen-bond acceptors (Lipinski definition) is 17. The van der Waals surface area contributed by atoms with Gasteiger partial charge in [-0.25, -0.2) is 33.7 Å². The van der Waals surface area contributed by atoms with Crippen LogP contribution in [0.25, 0.3) is 0 Å². The van der Waals surface area contributed by atoms with Gasteiger partial charge in [-0.1, -0.05) is 82.4 Å². The maximum absolute atomic E-state index is 14.1. The summed E-state index contributed by atoms with van der Waals surface area (Å²) in [5.41, 5.74) is 9.91. The third kappa shape index (κ3) is 12.5. The first-order chi connectivity index (χ1) is 38.4. The topological polar surface area (TPSA) is 334 Å². The summed E-state index contributed by atoms with van der Waals surface area (Å²) in [6.07, 6.45) is 16.7. The average Bonchev–Trinajstić information content (AvgIpc) is 1.91.